The van der Waals surface area contributed by atoms with E-state index in [1.165, 1.54) is 6.07 Å². The van der Waals surface area contributed by atoms with Crippen LogP contribution in [0.4, 0.5) is 0 Å². The maximum absolute atomic E-state index is 12.9. The van der Waals surface area contributed by atoms with Crippen LogP contribution in [0.1, 0.15) is 47.7 Å². The van der Waals surface area contributed by atoms with Gasteiger partial charge in [0.25, 0.3) is 5.91 Å². The quantitative estimate of drug-likeness (QED) is 0.846. The molecule has 134 valence electrons. The van der Waals surface area contributed by atoms with Crippen LogP contribution in [0.3, 0.4) is 0 Å². The lowest BCUT2D eigenvalue weighted by atomic mass is 10.0. The van der Waals surface area contributed by atoms with Crippen molar-refractivity contribution >= 4 is 15.9 Å². The SMILES string of the molecule is CCCN(CC1CCCO1)C(=O)c1cc(C)c(C)c(S(N)(=O)=O)c1. The number of hydrogen-bond acceptors (Lipinski definition) is 4. The Balaban J connectivity index is 2.33. The number of ether oxygens (including phenoxy) is 1. The predicted octanol–water partition coefficient (Wildman–Crippen LogP) is 1.98. The van der Waals surface area contributed by atoms with Gasteiger partial charge in [-0.25, -0.2) is 13.6 Å². The highest BCUT2D eigenvalue weighted by molar-refractivity contribution is 7.89. The molecule has 24 heavy (non-hydrogen) atoms. The average molecular weight is 354 g/mol. The highest BCUT2D eigenvalue weighted by Gasteiger charge is 2.25. The van der Waals surface area contributed by atoms with Crippen LogP contribution in [0.25, 0.3) is 0 Å². The lowest BCUT2D eigenvalue weighted by Crippen LogP contribution is -2.38. The second-order valence-electron chi connectivity index (χ2n) is 6.35. The van der Waals surface area contributed by atoms with Crippen molar-refractivity contribution < 1.29 is 17.9 Å². The Bertz CT molecular complexity index is 710. The van der Waals surface area contributed by atoms with Crippen molar-refractivity contribution in [1.82, 2.24) is 4.90 Å². The first-order valence-electron chi connectivity index (χ1n) is 8.29. The number of carbonyl (C=O) groups is 1. The Labute approximate surface area is 144 Å². The maximum Gasteiger partial charge on any atom is 0.253 e. The average Bonchev–Trinajstić information content (AvgIpc) is 3.00. The number of aryl methyl sites for hydroxylation is 1. The van der Waals surface area contributed by atoms with E-state index in [0.717, 1.165) is 31.4 Å². The molecule has 2 N–H and O–H groups in total. The fraction of sp³-hybridized carbons (Fsp3) is 0.588. The zero-order chi connectivity index (χ0) is 17.9. The van der Waals surface area contributed by atoms with Gasteiger partial charge >= 0.3 is 0 Å². The van der Waals surface area contributed by atoms with Gasteiger partial charge in [-0.1, -0.05) is 6.92 Å². The van der Waals surface area contributed by atoms with Crippen LogP contribution in [-0.2, 0) is 14.8 Å². The van der Waals surface area contributed by atoms with Crippen molar-refractivity contribution in [3.63, 3.8) is 0 Å². The summed E-state index contributed by atoms with van der Waals surface area (Å²) in [5, 5.41) is 5.29. The van der Waals surface area contributed by atoms with E-state index in [9.17, 15) is 13.2 Å². The van der Waals surface area contributed by atoms with Gasteiger partial charge in [0, 0.05) is 25.3 Å². The normalized spacial score (nSPS) is 17.9. The molecule has 0 bridgehead atoms. The van der Waals surface area contributed by atoms with Crippen LogP contribution in [0.5, 0.6) is 0 Å². The molecule has 0 radical (unpaired) electrons. The van der Waals surface area contributed by atoms with Crippen molar-refractivity contribution in [3.8, 4) is 0 Å². The number of benzene rings is 1. The fourth-order valence-electron chi connectivity index (χ4n) is 3.01. The van der Waals surface area contributed by atoms with Crippen LogP contribution < -0.4 is 5.14 Å². The summed E-state index contributed by atoms with van der Waals surface area (Å²) in [4.78, 5) is 14.7. The van der Waals surface area contributed by atoms with Gasteiger partial charge in [0.05, 0.1) is 11.0 Å². The predicted molar refractivity (Wildman–Crippen MR) is 92.5 cm³/mol. The Morgan fingerprint density at radius 3 is 2.62 bits per heavy atom. The van der Waals surface area contributed by atoms with E-state index in [4.69, 9.17) is 9.88 Å². The summed E-state index contributed by atoms with van der Waals surface area (Å²) in [7, 11) is -3.87. The maximum atomic E-state index is 12.9. The topological polar surface area (TPSA) is 89.7 Å². The monoisotopic (exact) mass is 354 g/mol. The third kappa shape index (κ3) is 4.34. The minimum absolute atomic E-state index is 0.0133. The van der Waals surface area contributed by atoms with E-state index in [1.807, 2.05) is 6.92 Å². The third-order valence-electron chi connectivity index (χ3n) is 4.40. The lowest BCUT2D eigenvalue weighted by Gasteiger charge is -2.25. The van der Waals surface area contributed by atoms with Crippen molar-refractivity contribution in [1.29, 1.82) is 0 Å². The molecule has 1 amide bonds. The largest absolute Gasteiger partial charge is 0.376 e. The molecule has 1 aliphatic rings. The van der Waals surface area contributed by atoms with Crippen LogP contribution in [0, 0.1) is 13.8 Å². The fourth-order valence-corrected chi connectivity index (χ4v) is 3.89. The molecule has 0 aliphatic carbocycles. The Kier molecular flexibility index (Phi) is 6.01. The number of nitrogens with two attached hydrogens (primary N) is 1. The molecule has 0 saturated carbocycles. The van der Waals surface area contributed by atoms with Gasteiger partial charge in [-0.2, -0.15) is 0 Å². The minimum Gasteiger partial charge on any atom is -0.376 e. The number of hydrogen-bond donors (Lipinski definition) is 1. The van der Waals surface area contributed by atoms with E-state index in [2.05, 4.69) is 0 Å². The standard InChI is InChI=1S/C17H26N2O4S/c1-4-7-19(11-15-6-5-8-23-15)17(20)14-9-12(2)13(3)16(10-14)24(18,21)22/h9-10,15H,4-8,11H2,1-3H3,(H2,18,21,22). The van der Waals surface area contributed by atoms with Gasteiger partial charge in [0.2, 0.25) is 10.0 Å². The number of sulfonamides is 1. The first-order valence-corrected chi connectivity index (χ1v) is 9.83. The first-order chi connectivity index (χ1) is 11.2. The number of nitrogens with zero attached hydrogens (tertiary/aromatic N) is 1. The molecule has 1 heterocycles. The summed E-state index contributed by atoms with van der Waals surface area (Å²) in [6, 6.07) is 3.11. The molecule has 1 aliphatic heterocycles. The smallest absolute Gasteiger partial charge is 0.253 e. The molecule has 1 unspecified atom stereocenters. The highest BCUT2D eigenvalue weighted by Crippen LogP contribution is 2.22. The van der Waals surface area contributed by atoms with Crippen LogP contribution in [0.2, 0.25) is 0 Å². The molecular weight excluding hydrogens is 328 g/mol. The number of amides is 1. The van der Waals surface area contributed by atoms with Gasteiger partial charge < -0.3 is 9.64 Å². The van der Waals surface area contributed by atoms with E-state index in [1.54, 1.807) is 24.8 Å². The molecule has 7 heteroatoms. The zero-order valence-electron chi connectivity index (χ0n) is 14.5. The van der Waals surface area contributed by atoms with Crippen molar-refractivity contribution in [2.75, 3.05) is 19.7 Å². The molecule has 6 nitrogen and oxygen atoms in total. The summed E-state index contributed by atoms with van der Waals surface area (Å²) in [5.41, 5.74) is 1.67. The summed E-state index contributed by atoms with van der Waals surface area (Å²) >= 11 is 0. The second-order valence-corrected chi connectivity index (χ2v) is 7.88. The van der Waals surface area contributed by atoms with Crippen LogP contribution in [-0.4, -0.2) is 45.0 Å². The molecule has 1 atom stereocenters. The zero-order valence-corrected chi connectivity index (χ0v) is 15.4. The molecule has 1 aromatic rings. The van der Waals surface area contributed by atoms with Gasteiger partial charge in [0.15, 0.2) is 0 Å². The van der Waals surface area contributed by atoms with E-state index in [-0.39, 0.29) is 16.9 Å². The summed E-state index contributed by atoms with van der Waals surface area (Å²) < 4.78 is 29.2. The molecule has 0 aromatic heterocycles. The molecule has 2 rings (SSSR count). The molecule has 0 spiro atoms. The van der Waals surface area contributed by atoms with Crippen molar-refractivity contribution in [3.05, 3.63) is 28.8 Å². The molecule has 1 saturated heterocycles. The minimum atomic E-state index is -3.87. The first kappa shape index (κ1) is 18.9. The second kappa shape index (κ2) is 7.63. The molecular formula is C17H26N2O4S. The number of carbonyl (C=O) groups excluding carboxylic acids is 1. The van der Waals surface area contributed by atoms with E-state index < -0.39 is 10.0 Å². The Morgan fingerprint density at radius 2 is 2.08 bits per heavy atom. The molecule has 1 fully saturated rings. The van der Waals surface area contributed by atoms with Crippen molar-refractivity contribution in [2.45, 2.75) is 51.0 Å². The van der Waals surface area contributed by atoms with Gasteiger partial charge in [-0.3, -0.25) is 4.79 Å². The lowest BCUT2D eigenvalue weighted by molar-refractivity contribution is 0.0526. The van der Waals surface area contributed by atoms with Gasteiger partial charge in [-0.15, -0.1) is 0 Å². The van der Waals surface area contributed by atoms with Crippen LogP contribution >= 0.6 is 0 Å². The molecule has 1 aromatic carbocycles. The van der Waals surface area contributed by atoms with E-state index in [0.29, 0.717) is 24.2 Å². The summed E-state index contributed by atoms with van der Waals surface area (Å²) in [6.07, 6.45) is 2.84. The highest BCUT2D eigenvalue weighted by atomic mass is 32.2. The third-order valence-corrected chi connectivity index (χ3v) is 5.44. The van der Waals surface area contributed by atoms with E-state index >= 15 is 0 Å². The summed E-state index contributed by atoms with van der Waals surface area (Å²) in [5.74, 6) is -0.180. The Hall–Kier alpha value is -1.44. The number of primary sulfonamides is 1. The summed E-state index contributed by atoms with van der Waals surface area (Å²) in [6.45, 7) is 7.36. The van der Waals surface area contributed by atoms with Crippen LogP contribution in [0.15, 0.2) is 17.0 Å². The van der Waals surface area contributed by atoms with Gasteiger partial charge in [-0.05, 0) is 56.4 Å². The van der Waals surface area contributed by atoms with Gasteiger partial charge in [0.1, 0.15) is 0 Å². The Morgan fingerprint density at radius 1 is 1.38 bits per heavy atom. The number of rotatable bonds is 6. The van der Waals surface area contributed by atoms with Crippen molar-refractivity contribution in [2.24, 2.45) is 5.14 Å².